The Hall–Kier alpha value is -3.26. The zero-order valence-corrected chi connectivity index (χ0v) is 18.3. The van der Waals surface area contributed by atoms with Gasteiger partial charge >= 0.3 is 18.1 Å². The highest BCUT2D eigenvalue weighted by Gasteiger charge is 2.32. The van der Waals surface area contributed by atoms with Gasteiger partial charge in [-0.15, -0.1) is 0 Å². The van der Waals surface area contributed by atoms with Crippen LogP contribution in [0, 0.1) is 0 Å². The molecule has 172 valence electrons. The maximum absolute atomic E-state index is 13.1. The molecule has 0 heterocycles. The van der Waals surface area contributed by atoms with E-state index in [9.17, 15) is 27.9 Å². The van der Waals surface area contributed by atoms with Crippen molar-refractivity contribution in [2.24, 2.45) is 0 Å². The summed E-state index contributed by atoms with van der Waals surface area (Å²) in [5.41, 5.74) is 1.32. The molecule has 1 N–H and O–H groups in total. The number of aromatic carboxylic acids is 1. The second-order valence-corrected chi connectivity index (χ2v) is 7.86. The van der Waals surface area contributed by atoms with Crippen LogP contribution in [-0.2, 0) is 28.5 Å². The second kappa shape index (κ2) is 10.6. The molecule has 1 unspecified atom stereocenters. The van der Waals surface area contributed by atoms with Crippen molar-refractivity contribution in [1.29, 1.82) is 0 Å². The number of ether oxygens (including phenoxy) is 1. The molecular weight excluding hydrogens is 453 g/mol. The molecule has 3 aromatic carbocycles. The number of carbonyl (C=O) groups is 2. The Kier molecular flexibility index (Phi) is 7.81. The average Bonchev–Trinajstić information content (AvgIpc) is 2.78. The van der Waals surface area contributed by atoms with Crippen LogP contribution in [0.1, 0.15) is 43.4 Å². The first-order valence-corrected chi connectivity index (χ1v) is 10.6. The number of hydrogen-bond donors (Lipinski definition) is 2. The highest BCUT2D eigenvalue weighted by molar-refractivity contribution is 7.80. The van der Waals surface area contributed by atoms with Crippen LogP contribution in [0.5, 0.6) is 0 Å². The lowest BCUT2D eigenvalue weighted by Crippen LogP contribution is -2.14. The molecule has 3 rings (SSSR count). The van der Waals surface area contributed by atoms with E-state index in [0.717, 1.165) is 6.07 Å². The maximum atomic E-state index is 13.1. The van der Waals surface area contributed by atoms with Gasteiger partial charge in [-0.05, 0) is 34.4 Å². The van der Waals surface area contributed by atoms with E-state index in [0.29, 0.717) is 16.7 Å². The summed E-state index contributed by atoms with van der Waals surface area (Å²) in [4.78, 5) is 23.7. The monoisotopic (exact) mass is 474 g/mol. The van der Waals surface area contributed by atoms with Crippen molar-refractivity contribution in [3.8, 4) is 0 Å². The first kappa shape index (κ1) is 24.4. The van der Waals surface area contributed by atoms with Gasteiger partial charge in [-0.3, -0.25) is 4.79 Å². The van der Waals surface area contributed by atoms with Crippen LogP contribution in [-0.4, -0.2) is 23.7 Å². The van der Waals surface area contributed by atoms with Crippen molar-refractivity contribution < 1.29 is 32.6 Å². The van der Waals surface area contributed by atoms with Gasteiger partial charge in [0.15, 0.2) is 0 Å². The summed E-state index contributed by atoms with van der Waals surface area (Å²) in [6.45, 7) is -0.174. The molecular formula is C25H21F3O4S. The van der Waals surface area contributed by atoms with Crippen molar-refractivity contribution in [2.75, 3.05) is 6.61 Å². The third kappa shape index (κ3) is 6.38. The lowest BCUT2D eigenvalue weighted by Gasteiger charge is -2.15. The van der Waals surface area contributed by atoms with Gasteiger partial charge in [0, 0.05) is 6.42 Å². The van der Waals surface area contributed by atoms with Gasteiger partial charge in [0.1, 0.15) is 0 Å². The smallest absolute Gasteiger partial charge is 0.416 e. The summed E-state index contributed by atoms with van der Waals surface area (Å²) in [5, 5.41) is 8.88. The third-order valence-electron chi connectivity index (χ3n) is 5.06. The molecule has 0 spiro atoms. The van der Waals surface area contributed by atoms with E-state index in [1.807, 2.05) is 0 Å². The number of halogens is 3. The highest BCUT2D eigenvalue weighted by atomic mass is 32.1. The lowest BCUT2D eigenvalue weighted by atomic mass is 9.97. The van der Waals surface area contributed by atoms with E-state index in [2.05, 4.69) is 12.6 Å². The van der Waals surface area contributed by atoms with E-state index in [-0.39, 0.29) is 30.6 Å². The third-order valence-corrected chi connectivity index (χ3v) is 5.63. The number of hydrogen-bond acceptors (Lipinski definition) is 4. The zero-order valence-electron chi connectivity index (χ0n) is 17.4. The molecule has 0 aliphatic carbocycles. The van der Waals surface area contributed by atoms with Gasteiger partial charge in [0.25, 0.3) is 0 Å². The van der Waals surface area contributed by atoms with Crippen molar-refractivity contribution >= 4 is 24.6 Å². The van der Waals surface area contributed by atoms with Crippen molar-refractivity contribution in [3.63, 3.8) is 0 Å². The number of rotatable bonds is 8. The van der Waals surface area contributed by atoms with Crippen LogP contribution < -0.4 is 0 Å². The fourth-order valence-corrected chi connectivity index (χ4v) is 3.88. The standard InChI is InChI=1S/C25H21F3O4S/c26-25(27,28)21-11-4-1-7-17(21)12-13-32-22(29)15-16-6-5-8-18(14-16)23(33)19-9-2-3-10-20(19)24(30)31/h1-11,14,23,33H,12-13,15H2,(H,30,31). The molecule has 33 heavy (non-hydrogen) atoms. The Labute approximate surface area is 194 Å². The highest BCUT2D eigenvalue weighted by Crippen LogP contribution is 2.32. The molecule has 0 radical (unpaired) electrons. The number of esters is 1. The first-order chi connectivity index (χ1) is 15.7. The maximum Gasteiger partial charge on any atom is 0.416 e. The first-order valence-electron chi connectivity index (χ1n) is 10.1. The number of thiol groups is 1. The number of benzene rings is 3. The van der Waals surface area contributed by atoms with E-state index in [1.54, 1.807) is 42.5 Å². The number of alkyl halides is 3. The van der Waals surface area contributed by atoms with Gasteiger partial charge in [0.2, 0.25) is 0 Å². The summed E-state index contributed by atoms with van der Waals surface area (Å²) in [7, 11) is 0. The van der Waals surface area contributed by atoms with Crippen LogP contribution in [0.2, 0.25) is 0 Å². The quantitative estimate of drug-likeness (QED) is 0.322. The minimum absolute atomic E-state index is 0.0495. The molecule has 0 aliphatic rings. The van der Waals surface area contributed by atoms with Gasteiger partial charge in [-0.2, -0.15) is 25.8 Å². The molecule has 1 atom stereocenters. The van der Waals surface area contributed by atoms with Crippen molar-refractivity contribution in [3.05, 3.63) is 106 Å². The van der Waals surface area contributed by atoms with Crippen LogP contribution in [0.25, 0.3) is 0 Å². The lowest BCUT2D eigenvalue weighted by molar-refractivity contribution is -0.142. The summed E-state index contributed by atoms with van der Waals surface area (Å²) in [6, 6.07) is 18.7. The molecule has 0 aromatic heterocycles. The fraction of sp³-hybridized carbons (Fsp3) is 0.200. The van der Waals surface area contributed by atoms with Crippen LogP contribution in [0.3, 0.4) is 0 Å². The molecule has 0 amide bonds. The molecule has 3 aromatic rings. The molecule has 0 saturated heterocycles. The van der Waals surface area contributed by atoms with Crippen molar-refractivity contribution in [2.45, 2.75) is 24.3 Å². The largest absolute Gasteiger partial charge is 0.478 e. The Morgan fingerprint density at radius 3 is 2.39 bits per heavy atom. The molecule has 0 fully saturated rings. The molecule has 0 bridgehead atoms. The summed E-state index contributed by atoms with van der Waals surface area (Å²) in [6.07, 6.45) is -4.59. The van der Waals surface area contributed by atoms with Gasteiger partial charge < -0.3 is 9.84 Å². The Morgan fingerprint density at radius 1 is 0.970 bits per heavy atom. The van der Waals surface area contributed by atoms with Gasteiger partial charge in [0.05, 0.1) is 29.4 Å². The van der Waals surface area contributed by atoms with Crippen LogP contribution >= 0.6 is 12.6 Å². The average molecular weight is 475 g/mol. The molecule has 4 nitrogen and oxygen atoms in total. The van der Waals surface area contributed by atoms with Gasteiger partial charge in [-0.25, -0.2) is 4.79 Å². The summed E-state index contributed by atoms with van der Waals surface area (Å²) in [5.74, 6) is -1.63. The SMILES string of the molecule is O=C(Cc1cccc(C(S)c2ccccc2C(=O)O)c1)OCCc1ccccc1C(F)(F)F. The zero-order chi connectivity index (χ0) is 24.0. The summed E-state index contributed by atoms with van der Waals surface area (Å²) >= 11 is 4.57. The van der Waals surface area contributed by atoms with Crippen LogP contribution in [0.4, 0.5) is 13.2 Å². The van der Waals surface area contributed by atoms with Gasteiger partial charge in [-0.1, -0.05) is 60.7 Å². The minimum atomic E-state index is -4.47. The second-order valence-electron chi connectivity index (χ2n) is 7.34. The van der Waals surface area contributed by atoms with E-state index in [1.165, 1.54) is 24.3 Å². The van der Waals surface area contributed by atoms with E-state index < -0.39 is 28.9 Å². The van der Waals surface area contributed by atoms with E-state index in [4.69, 9.17) is 4.74 Å². The number of carboxylic acids is 1. The number of carbonyl (C=O) groups excluding carboxylic acids is 1. The Bertz CT molecular complexity index is 1140. The fourth-order valence-electron chi connectivity index (χ4n) is 3.49. The molecule has 8 heteroatoms. The molecule has 0 aliphatic heterocycles. The Morgan fingerprint density at radius 2 is 1.67 bits per heavy atom. The predicted molar refractivity (Wildman–Crippen MR) is 120 cm³/mol. The minimum Gasteiger partial charge on any atom is -0.478 e. The molecule has 0 saturated carbocycles. The van der Waals surface area contributed by atoms with Crippen molar-refractivity contribution in [1.82, 2.24) is 0 Å². The predicted octanol–water partition coefficient (Wildman–Crippen LogP) is 5.75. The summed E-state index contributed by atoms with van der Waals surface area (Å²) < 4.78 is 44.4. The Balaban J connectivity index is 1.63. The van der Waals surface area contributed by atoms with E-state index >= 15 is 0 Å². The number of carboxylic acid groups (broad SMARTS) is 1. The topological polar surface area (TPSA) is 63.6 Å². The normalized spacial score (nSPS) is 12.2. The van der Waals surface area contributed by atoms with Crippen LogP contribution in [0.15, 0.2) is 72.8 Å².